The van der Waals surface area contributed by atoms with Gasteiger partial charge in [0.15, 0.2) is 0 Å². The van der Waals surface area contributed by atoms with E-state index in [1.807, 2.05) is 12.1 Å². The van der Waals surface area contributed by atoms with E-state index in [0.717, 1.165) is 49.4 Å². The number of benzene rings is 2. The lowest BCUT2D eigenvalue weighted by Crippen LogP contribution is -2.52. The average molecular weight is 579 g/mol. The molecule has 1 atom stereocenters. The van der Waals surface area contributed by atoms with Crippen molar-refractivity contribution in [3.8, 4) is 29.4 Å². The zero-order chi connectivity index (χ0) is 29.7. The number of hydrogen-bond donors (Lipinski definition) is 1. The Kier molecular flexibility index (Phi) is 8.81. The van der Waals surface area contributed by atoms with Gasteiger partial charge in [-0.05, 0) is 54.4 Å². The Morgan fingerprint density at radius 1 is 0.905 bits per heavy atom. The third kappa shape index (κ3) is 7.11. The second-order valence-electron chi connectivity index (χ2n) is 10.3. The van der Waals surface area contributed by atoms with E-state index >= 15 is 0 Å². The van der Waals surface area contributed by atoms with Gasteiger partial charge in [-0.1, -0.05) is 23.7 Å². The van der Waals surface area contributed by atoms with Crippen LogP contribution < -0.4 is 10.1 Å². The molecule has 11 heteroatoms. The maximum atomic E-state index is 12.8. The Bertz CT molecular complexity index is 1480. The van der Waals surface area contributed by atoms with Gasteiger partial charge in [0.1, 0.15) is 18.4 Å². The monoisotopic (exact) mass is 578 g/mol. The van der Waals surface area contributed by atoms with Gasteiger partial charge in [-0.3, -0.25) is 29.5 Å². The molecule has 0 bridgehead atoms. The largest absolute Gasteiger partial charge is 0.481 e. The number of piperidine rings is 1. The number of halogens is 3. The van der Waals surface area contributed by atoms with E-state index in [1.165, 1.54) is 17.0 Å². The highest BCUT2D eigenvalue weighted by Gasteiger charge is 2.39. The highest BCUT2D eigenvalue weighted by atomic mass is 19.4. The predicted octanol–water partition coefficient (Wildman–Crippen LogP) is 2.52. The number of imide groups is 1. The van der Waals surface area contributed by atoms with Crippen molar-refractivity contribution < 1.29 is 32.3 Å². The molecule has 8 nitrogen and oxygen atoms in total. The first-order valence-electron chi connectivity index (χ1n) is 13.6. The number of rotatable bonds is 5. The molecule has 2 aromatic rings. The molecule has 2 aromatic carbocycles. The predicted molar refractivity (Wildman–Crippen MR) is 147 cm³/mol. The van der Waals surface area contributed by atoms with Crippen LogP contribution in [0.2, 0.25) is 0 Å². The Morgan fingerprint density at radius 2 is 1.60 bits per heavy atom. The molecule has 0 spiro atoms. The van der Waals surface area contributed by atoms with Crippen LogP contribution in [-0.2, 0) is 22.3 Å². The summed E-state index contributed by atoms with van der Waals surface area (Å²) in [6, 6.07) is 9.37. The zero-order valence-electron chi connectivity index (χ0n) is 22.8. The van der Waals surface area contributed by atoms with Crippen molar-refractivity contribution in [1.29, 1.82) is 0 Å². The van der Waals surface area contributed by atoms with Crippen LogP contribution in [0, 0.1) is 23.7 Å². The SMILES string of the molecule is O=C1CCC(N2Cc3cc(C#CCN4CCN(CC#CCOc5ccc(C(F)(F)F)cc5)CC4)ccc3C2=O)C(=O)N1. The first-order chi connectivity index (χ1) is 20.2. The summed E-state index contributed by atoms with van der Waals surface area (Å²) in [5, 5.41) is 2.31. The summed E-state index contributed by atoms with van der Waals surface area (Å²) >= 11 is 0. The second-order valence-corrected chi connectivity index (χ2v) is 10.3. The molecule has 3 amide bonds. The van der Waals surface area contributed by atoms with Gasteiger partial charge < -0.3 is 9.64 Å². The standard InChI is InChI=1S/C31H29F3N4O4/c32-31(33,34)24-6-8-25(9-7-24)42-19-2-1-13-36-15-17-37(18-16-36)14-3-4-22-5-10-26-23(20-22)21-38(30(26)41)27-11-12-28(39)35-29(27)40/h5-10,20,27H,11-19,21H2,(H,35,39,40). The molecule has 218 valence electrons. The molecule has 1 unspecified atom stereocenters. The van der Waals surface area contributed by atoms with Crippen LogP contribution in [0.3, 0.4) is 0 Å². The highest BCUT2D eigenvalue weighted by molar-refractivity contribution is 6.05. The number of fused-ring (bicyclic) bond motifs is 1. The number of nitrogens with zero attached hydrogens (tertiary/aromatic N) is 3. The third-order valence-electron chi connectivity index (χ3n) is 7.44. The first-order valence-corrected chi connectivity index (χ1v) is 13.6. The molecule has 0 saturated carbocycles. The molecular weight excluding hydrogens is 549 g/mol. The minimum absolute atomic E-state index is 0.104. The average Bonchev–Trinajstić information content (AvgIpc) is 3.28. The van der Waals surface area contributed by atoms with Crippen molar-refractivity contribution in [2.24, 2.45) is 0 Å². The van der Waals surface area contributed by atoms with Crippen molar-refractivity contribution in [3.63, 3.8) is 0 Å². The number of amides is 3. The second kappa shape index (κ2) is 12.7. The summed E-state index contributed by atoms with van der Waals surface area (Å²) in [5.74, 6) is 11.8. The van der Waals surface area contributed by atoms with Crippen LogP contribution in [0.4, 0.5) is 13.2 Å². The van der Waals surface area contributed by atoms with E-state index in [2.05, 4.69) is 38.8 Å². The summed E-state index contributed by atoms with van der Waals surface area (Å²) in [5.41, 5.74) is 1.48. The number of piperazine rings is 1. The van der Waals surface area contributed by atoms with Gasteiger partial charge in [0, 0.05) is 50.3 Å². The van der Waals surface area contributed by atoms with Crippen LogP contribution in [0.15, 0.2) is 42.5 Å². The van der Waals surface area contributed by atoms with Crippen LogP contribution in [0.25, 0.3) is 0 Å². The van der Waals surface area contributed by atoms with Gasteiger partial charge >= 0.3 is 6.18 Å². The summed E-state index contributed by atoms with van der Waals surface area (Å²) in [6.45, 7) is 4.99. The van der Waals surface area contributed by atoms with E-state index in [1.54, 1.807) is 6.07 Å². The van der Waals surface area contributed by atoms with Crippen molar-refractivity contribution in [1.82, 2.24) is 20.0 Å². The fourth-order valence-corrected chi connectivity index (χ4v) is 5.09. The molecule has 1 N–H and O–H groups in total. The van der Waals surface area contributed by atoms with Crippen molar-refractivity contribution >= 4 is 17.7 Å². The van der Waals surface area contributed by atoms with Gasteiger partial charge in [0.2, 0.25) is 11.8 Å². The van der Waals surface area contributed by atoms with Gasteiger partial charge in [-0.2, -0.15) is 13.2 Å². The van der Waals surface area contributed by atoms with E-state index < -0.39 is 23.7 Å². The molecule has 42 heavy (non-hydrogen) atoms. The Morgan fingerprint density at radius 3 is 2.26 bits per heavy atom. The van der Waals surface area contributed by atoms with E-state index in [4.69, 9.17) is 4.74 Å². The van der Waals surface area contributed by atoms with Gasteiger partial charge in [-0.15, -0.1) is 0 Å². The number of nitrogens with one attached hydrogen (secondary N) is 1. The van der Waals surface area contributed by atoms with Crippen molar-refractivity contribution in [2.75, 3.05) is 45.9 Å². The number of carbonyl (C=O) groups is 3. The van der Waals surface area contributed by atoms with Crippen LogP contribution in [0.1, 0.15) is 39.9 Å². The maximum absolute atomic E-state index is 12.8. The molecule has 0 aliphatic carbocycles. The lowest BCUT2D eigenvalue weighted by molar-refractivity contribution is -0.138. The maximum Gasteiger partial charge on any atom is 0.416 e. The molecular formula is C31H29F3N4O4. The summed E-state index contributed by atoms with van der Waals surface area (Å²) < 4.78 is 43.3. The first kappa shape index (κ1) is 29.2. The molecule has 0 radical (unpaired) electrons. The van der Waals surface area contributed by atoms with Gasteiger partial charge in [0.05, 0.1) is 18.7 Å². The van der Waals surface area contributed by atoms with E-state index in [0.29, 0.717) is 37.4 Å². The Balaban J connectivity index is 1.03. The van der Waals surface area contributed by atoms with Gasteiger partial charge in [0.25, 0.3) is 5.91 Å². The summed E-state index contributed by atoms with van der Waals surface area (Å²) in [6.07, 6.45) is -3.82. The van der Waals surface area contributed by atoms with Crippen LogP contribution in [0.5, 0.6) is 5.75 Å². The Labute approximate surface area is 241 Å². The minimum Gasteiger partial charge on any atom is -0.481 e. The smallest absolute Gasteiger partial charge is 0.416 e. The van der Waals surface area contributed by atoms with Crippen LogP contribution >= 0.6 is 0 Å². The van der Waals surface area contributed by atoms with Crippen molar-refractivity contribution in [3.05, 3.63) is 64.7 Å². The number of hydrogen-bond acceptors (Lipinski definition) is 6. The lowest BCUT2D eigenvalue weighted by Gasteiger charge is -2.32. The molecule has 3 heterocycles. The molecule has 2 fully saturated rings. The van der Waals surface area contributed by atoms with Crippen molar-refractivity contribution in [2.45, 2.75) is 31.6 Å². The Hall–Kier alpha value is -4.32. The quantitative estimate of drug-likeness (QED) is 0.434. The molecule has 5 rings (SSSR count). The summed E-state index contributed by atoms with van der Waals surface area (Å²) in [7, 11) is 0. The van der Waals surface area contributed by atoms with E-state index in [9.17, 15) is 27.6 Å². The molecule has 2 saturated heterocycles. The normalized spacial score (nSPS) is 19.4. The topological polar surface area (TPSA) is 82.2 Å². The number of carbonyl (C=O) groups excluding carboxylic acids is 3. The number of ether oxygens (including phenoxy) is 1. The van der Waals surface area contributed by atoms with Crippen LogP contribution in [-0.4, -0.2) is 84.3 Å². The fraction of sp³-hybridized carbons (Fsp3) is 0.387. The number of alkyl halides is 3. The fourth-order valence-electron chi connectivity index (χ4n) is 5.09. The molecule has 3 aliphatic heterocycles. The molecule has 3 aliphatic rings. The van der Waals surface area contributed by atoms with E-state index in [-0.39, 0.29) is 24.8 Å². The highest BCUT2D eigenvalue weighted by Crippen LogP contribution is 2.30. The third-order valence-corrected chi connectivity index (χ3v) is 7.44. The zero-order valence-corrected chi connectivity index (χ0v) is 22.8. The minimum atomic E-state index is -4.37. The molecule has 0 aromatic heterocycles. The summed E-state index contributed by atoms with van der Waals surface area (Å²) in [4.78, 5) is 42.5. The van der Waals surface area contributed by atoms with Gasteiger partial charge in [-0.25, -0.2) is 0 Å². The lowest BCUT2D eigenvalue weighted by atomic mass is 10.0.